The van der Waals surface area contributed by atoms with Crippen LogP contribution in [-0.4, -0.2) is 28.3 Å². The first-order valence-electron chi connectivity index (χ1n) is 7.65. The Balaban J connectivity index is 1.75. The summed E-state index contributed by atoms with van der Waals surface area (Å²) >= 11 is 0. The molecule has 2 heterocycles. The molecule has 0 atom stereocenters. The van der Waals surface area contributed by atoms with Crippen molar-refractivity contribution in [3.8, 4) is 11.3 Å². The van der Waals surface area contributed by atoms with Gasteiger partial charge in [0.1, 0.15) is 11.4 Å². The Morgan fingerprint density at radius 3 is 2.39 bits per heavy atom. The van der Waals surface area contributed by atoms with Crippen LogP contribution in [0.25, 0.3) is 11.3 Å². The SMILES string of the molecule is CC1CCN(Cc2nonc2-c2ccc(C(F)(F)F)cc2)CC1. The molecule has 124 valence electrons. The predicted molar refractivity (Wildman–Crippen MR) is 78.4 cm³/mol. The van der Waals surface area contributed by atoms with Gasteiger partial charge in [-0.05, 0) is 49.1 Å². The fraction of sp³-hybridized carbons (Fsp3) is 0.500. The normalized spacial score (nSPS) is 17.6. The number of hydrogen-bond donors (Lipinski definition) is 0. The molecule has 1 fully saturated rings. The Labute approximate surface area is 132 Å². The summed E-state index contributed by atoms with van der Waals surface area (Å²) in [5.74, 6) is 0.732. The van der Waals surface area contributed by atoms with Crippen LogP contribution in [0, 0.1) is 5.92 Å². The Hall–Kier alpha value is -1.89. The van der Waals surface area contributed by atoms with E-state index in [0.717, 1.165) is 44.0 Å². The summed E-state index contributed by atoms with van der Waals surface area (Å²) in [6, 6.07) is 4.92. The zero-order valence-electron chi connectivity index (χ0n) is 12.8. The molecule has 1 saturated heterocycles. The zero-order valence-corrected chi connectivity index (χ0v) is 12.8. The monoisotopic (exact) mass is 325 g/mol. The average molecular weight is 325 g/mol. The van der Waals surface area contributed by atoms with E-state index < -0.39 is 11.7 Å². The highest BCUT2D eigenvalue weighted by atomic mass is 19.4. The van der Waals surface area contributed by atoms with Gasteiger partial charge in [0.05, 0.1) is 5.56 Å². The van der Waals surface area contributed by atoms with Gasteiger partial charge in [0.2, 0.25) is 0 Å². The van der Waals surface area contributed by atoms with E-state index in [-0.39, 0.29) is 0 Å². The standard InChI is InChI=1S/C16H18F3N3O/c1-11-6-8-22(9-7-11)10-14-15(21-23-20-14)12-2-4-13(5-3-12)16(17,18)19/h2-5,11H,6-10H2,1H3. The van der Waals surface area contributed by atoms with Gasteiger partial charge in [-0.15, -0.1) is 0 Å². The Morgan fingerprint density at radius 2 is 1.78 bits per heavy atom. The van der Waals surface area contributed by atoms with E-state index in [1.807, 2.05) is 0 Å². The smallest absolute Gasteiger partial charge is 0.297 e. The lowest BCUT2D eigenvalue weighted by Crippen LogP contribution is -2.32. The number of halogens is 3. The quantitative estimate of drug-likeness (QED) is 0.856. The maximum atomic E-state index is 12.6. The third-order valence-corrected chi connectivity index (χ3v) is 4.29. The van der Waals surface area contributed by atoms with Crippen molar-refractivity contribution in [2.75, 3.05) is 13.1 Å². The molecule has 3 rings (SSSR count). The molecule has 0 radical (unpaired) electrons. The number of alkyl halides is 3. The number of hydrogen-bond acceptors (Lipinski definition) is 4. The van der Waals surface area contributed by atoms with Gasteiger partial charge in [-0.2, -0.15) is 13.2 Å². The molecule has 2 aromatic rings. The number of nitrogens with zero attached hydrogens (tertiary/aromatic N) is 3. The molecule has 0 spiro atoms. The third kappa shape index (κ3) is 3.72. The fourth-order valence-electron chi connectivity index (χ4n) is 2.78. The minimum absolute atomic E-state index is 0.511. The van der Waals surface area contributed by atoms with Crippen LogP contribution in [0.3, 0.4) is 0 Å². The number of aromatic nitrogens is 2. The molecule has 0 saturated carbocycles. The van der Waals surface area contributed by atoms with Crippen LogP contribution in [0.1, 0.15) is 31.0 Å². The lowest BCUT2D eigenvalue weighted by molar-refractivity contribution is -0.137. The van der Waals surface area contributed by atoms with Crippen LogP contribution >= 0.6 is 0 Å². The molecule has 0 amide bonds. The van der Waals surface area contributed by atoms with Gasteiger partial charge in [-0.1, -0.05) is 24.2 Å². The van der Waals surface area contributed by atoms with Crippen molar-refractivity contribution in [3.63, 3.8) is 0 Å². The molecule has 1 aromatic heterocycles. The molecular weight excluding hydrogens is 307 g/mol. The van der Waals surface area contributed by atoms with E-state index in [1.165, 1.54) is 12.1 Å². The van der Waals surface area contributed by atoms with Crippen molar-refractivity contribution in [2.24, 2.45) is 5.92 Å². The summed E-state index contributed by atoms with van der Waals surface area (Å²) in [5.41, 5.74) is 1.08. The van der Waals surface area contributed by atoms with Crippen LogP contribution in [0.4, 0.5) is 13.2 Å². The second kappa shape index (κ2) is 6.31. The first kappa shape index (κ1) is 16.0. The Bertz CT molecular complexity index is 643. The van der Waals surface area contributed by atoms with Crippen molar-refractivity contribution in [1.82, 2.24) is 15.2 Å². The second-order valence-corrected chi connectivity index (χ2v) is 6.09. The van der Waals surface area contributed by atoms with Gasteiger partial charge in [-0.3, -0.25) is 4.90 Å². The van der Waals surface area contributed by atoms with Crippen LogP contribution in [0.2, 0.25) is 0 Å². The van der Waals surface area contributed by atoms with Crippen molar-refractivity contribution in [1.29, 1.82) is 0 Å². The second-order valence-electron chi connectivity index (χ2n) is 6.09. The summed E-state index contributed by atoms with van der Waals surface area (Å²) in [4.78, 5) is 2.27. The number of benzene rings is 1. The van der Waals surface area contributed by atoms with Gasteiger partial charge in [-0.25, -0.2) is 4.63 Å². The summed E-state index contributed by atoms with van der Waals surface area (Å²) in [5, 5.41) is 7.79. The van der Waals surface area contributed by atoms with Crippen LogP contribution in [-0.2, 0) is 12.7 Å². The zero-order chi connectivity index (χ0) is 16.4. The lowest BCUT2D eigenvalue weighted by Gasteiger charge is -2.29. The summed E-state index contributed by atoms with van der Waals surface area (Å²) in [7, 11) is 0. The summed E-state index contributed by atoms with van der Waals surface area (Å²) in [6.07, 6.45) is -2.06. The predicted octanol–water partition coefficient (Wildman–Crippen LogP) is 3.99. The molecule has 1 aromatic carbocycles. The molecule has 7 heteroatoms. The highest BCUT2D eigenvalue weighted by Gasteiger charge is 2.30. The van der Waals surface area contributed by atoms with Crippen molar-refractivity contribution in [3.05, 3.63) is 35.5 Å². The first-order chi connectivity index (χ1) is 10.9. The van der Waals surface area contributed by atoms with E-state index >= 15 is 0 Å². The van der Waals surface area contributed by atoms with E-state index in [2.05, 4.69) is 22.1 Å². The molecule has 1 aliphatic rings. The summed E-state index contributed by atoms with van der Waals surface area (Å²) < 4.78 is 42.7. The van der Waals surface area contributed by atoms with E-state index in [4.69, 9.17) is 4.63 Å². The minimum atomic E-state index is -4.34. The van der Waals surface area contributed by atoms with Gasteiger partial charge >= 0.3 is 6.18 Å². The highest BCUT2D eigenvalue weighted by Crippen LogP contribution is 2.31. The van der Waals surface area contributed by atoms with Crippen molar-refractivity contribution in [2.45, 2.75) is 32.5 Å². The van der Waals surface area contributed by atoms with Crippen LogP contribution in [0.5, 0.6) is 0 Å². The maximum Gasteiger partial charge on any atom is 0.416 e. The molecule has 0 N–H and O–H groups in total. The number of rotatable bonds is 3. The Morgan fingerprint density at radius 1 is 1.13 bits per heavy atom. The largest absolute Gasteiger partial charge is 0.416 e. The van der Waals surface area contributed by atoms with Crippen molar-refractivity contribution < 1.29 is 17.8 Å². The molecule has 23 heavy (non-hydrogen) atoms. The first-order valence-corrected chi connectivity index (χ1v) is 7.65. The topological polar surface area (TPSA) is 42.2 Å². The minimum Gasteiger partial charge on any atom is -0.297 e. The number of piperidine rings is 1. The fourth-order valence-corrected chi connectivity index (χ4v) is 2.78. The molecule has 0 bridgehead atoms. The van der Waals surface area contributed by atoms with Gasteiger partial charge in [0.15, 0.2) is 0 Å². The molecule has 1 aliphatic heterocycles. The van der Waals surface area contributed by atoms with Gasteiger partial charge in [0.25, 0.3) is 0 Å². The lowest BCUT2D eigenvalue weighted by atomic mass is 9.99. The van der Waals surface area contributed by atoms with E-state index in [1.54, 1.807) is 0 Å². The summed E-state index contributed by atoms with van der Waals surface area (Å²) in [6.45, 7) is 4.82. The van der Waals surface area contributed by atoms with E-state index in [9.17, 15) is 13.2 Å². The maximum absolute atomic E-state index is 12.6. The highest BCUT2D eigenvalue weighted by molar-refractivity contribution is 5.61. The number of likely N-dealkylation sites (tertiary alicyclic amines) is 1. The Kier molecular flexibility index (Phi) is 4.39. The molecule has 0 aliphatic carbocycles. The van der Waals surface area contributed by atoms with E-state index in [0.29, 0.717) is 23.5 Å². The molecule has 4 nitrogen and oxygen atoms in total. The average Bonchev–Trinajstić information content (AvgIpc) is 2.97. The van der Waals surface area contributed by atoms with Crippen LogP contribution in [0.15, 0.2) is 28.9 Å². The van der Waals surface area contributed by atoms with Gasteiger partial charge < -0.3 is 0 Å². The molecule has 0 unspecified atom stereocenters. The van der Waals surface area contributed by atoms with Gasteiger partial charge in [0, 0.05) is 12.1 Å². The molecular formula is C16H18F3N3O. The van der Waals surface area contributed by atoms with Crippen molar-refractivity contribution >= 4 is 0 Å². The van der Waals surface area contributed by atoms with Crippen LogP contribution < -0.4 is 0 Å². The third-order valence-electron chi connectivity index (χ3n) is 4.29.